The van der Waals surface area contributed by atoms with Crippen molar-refractivity contribution >= 4 is 11.8 Å². The number of fused-ring (bicyclic) bond motifs is 1. The molecule has 1 aliphatic heterocycles. The third-order valence-corrected chi connectivity index (χ3v) is 6.50. The van der Waals surface area contributed by atoms with E-state index in [1.165, 1.54) is 17.0 Å². The topological polar surface area (TPSA) is 88.1 Å². The molecule has 2 N–H and O–H groups in total. The molecule has 202 valence electrons. The molecule has 0 aliphatic carbocycles. The minimum absolute atomic E-state index is 0.0521. The van der Waals surface area contributed by atoms with Crippen molar-refractivity contribution in [2.24, 2.45) is 11.8 Å². The van der Waals surface area contributed by atoms with Crippen LogP contribution >= 0.6 is 0 Å². The molecule has 2 aromatic rings. The van der Waals surface area contributed by atoms with Crippen molar-refractivity contribution in [1.82, 2.24) is 10.2 Å². The average Bonchev–Trinajstić information content (AvgIpc) is 3.21. The van der Waals surface area contributed by atoms with Crippen LogP contribution in [0.25, 0.3) is 0 Å². The van der Waals surface area contributed by atoms with Gasteiger partial charge in [0.25, 0.3) is 0 Å². The Labute approximate surface area is 216 Å². The maximum absolute atomic E-state index is 14.0. The summed E-state index contributed by atoms with van der Waals surface area (Å²) in [5.74, 6) is -0.830. The van der Waals surface area contributed by atoms with E-state index in [1.54, 1.807) is 13.0 Å². The molecule has 7 nitrogen and oxygen atoms in total. The average molecular weight is 519 g/mol. The smallest absolute Gasteiger partial charge is 0.421 e. The number of halogens is 2. The normalized spacial score (nSPS) is 18.8. The Hall–Kier alpha value is -3.20. The van der Waals surface area contributed by atoms with Crippen LogP contribution in [0.2, 0.25) is 0 Å². The lowest BCUT2D eigenvalue weighted by molar-refractivity contribution is -0.199. The van der Waals surface area contributed by atoms with E-state index in [2.05, 4.69) is 5.32 Å². The van der Waals surface area contributed by atoms with Crippen LogP contribution in [0.1, 0.15) is 45.2 Å². The van der Waals surface area contributed by atoms with Gasteiger partial charge in [0.05, 0.1) is 12.5 Å². The largest absolute Gasteiger partial charge is 0.437 e. The summed E-state index contributed by atoms with van der Waals surface area (Å²) < 4.78 is 36.6. The van der Waals surface area contributed by atoms with Crippen LogP contribution in [0.15, 0.2) is 48.5 Å². The third kappa shape index (κ3) is 7.19. The Morgan fingerprint density at radius 3 is 2.35 bits per heavy atom. The highest BCUT2D eigenvalue weighted by Gasteiger charge is 2.42. The van der Waals surface area contributed by atoms with Crippen LogP contribution in [0.3, 0.4) is 0 Å². The van der Waals surface area contributed by atoms with Gasteiger partial charge >= 0.3 is 6.04 Å². The minimum atomic E-state index is -2.84. The van der Waals surface area contributed by atoms with Crippen LogP contribution in [-0.2, 0) is 22.6 Å². The summed E-state index contributed by atoms with van der Waals surface area (Å²) in [4.78, 5) is 27.8. The molecule has 0 fully saturated rings. The van der Waals surface area contributed by atoms with Gasteiger partial charge in [-0.25, -0.2) is 4.39 Å². The number of likely N-dealkylation sites (N-methyl/N-ethyl adjacent to an activating group) is 1. The third-order valence-electron chi connectivity index (χ3n) is 6.50. The van der Waals surface area contributed by atoms with Gasteiger partial charge in [-0.3, -0.25) is 9.59 Å². The van der Waals surface area contributed by atoms with Crippen molar-refractivity contribution in [3.8, 4) is 11.5 Å². The number of aliphatic hydroxyl groups excluding tert-OH is 1. The molecule has 0 radical (unpaired) electrons. The first kappa shape index (κ1) is 28.4. The number of nitrogens with zero attached hydrogens (tertiary/aromatic N) is 1. The minimum Gasteiger partial charge on any atom is -0.421 e. The first-order valence-electron chi connectivity index (χ1n) is 12.6. The van der Waals surface area contributed by atoms with Gasteiger partial charge in [0.15, 0.2) is 11.5 Å². The molecule has 0 saturated heterocycles. The molecule has 0 bridgehead atoms. The summed E-state index contributed by atoms with van der Waals surface area (Å²) in [6.07, 6.45) is -0.293. The van der Waals surface area contributed by atoms with E-state index in [0.717, 1.165) is 5.56 Å². The number of benzene rings is 2. The first-order chi connectivity index (χ1) is 17.6. The summed E-state index contributed by atoms with van der Waals surface area (Å²) in [7, 11) is 0. The Bertz CT molecular complexity index is 1070. The molecule has 37 heavy (non-hydrogen) atoms. The highest BCUT2D eigenvalue weighted by molar-refractivity contribution is 5.88. The number of carbonyl (C=O) groups excluding carboxylic acids is 2. The molecule has 0 aromatic heterocycles. The molecule has 2 amide bonds. The molecule has 3 unspecified atom stereocenters. The van der Waals surface area contributed by atoms with Crippen LogP contribution in [-0.4, -0.2) is 53.2 Å². The molecular weight excluding hydrogens is 482 g/mol. The molecule has 0 saturated carbocycles. The molecular formula is C28H36F2N2O5. The number of nitrogens with one attached hydrogen (secondary N) is 1. The van der Waals surface area contributed by atoms with Gasteiger partial charge in [0, 0.05) is 13.1 Å². The second-order valence-electron chi connectivity index (χ2n) is 9.80. The van der Waals surface area contributed by atoms with E-state index in [4.69, 9.17) is 9.47 Å². The molecule has 3 rings (SSSR count). The molecule has 1 heterocycles. The highest BCUT2D eigenvalue weighted by Crippen LogP contribution is 2.40. The lowest BCUT2D eigenvalue weighted by Gasteiger charge is -2.33. The van der Waals surface area contributed by atoms with Gasteiger partial charge in [-0.05, 0) is 48.4 Å². The van der Waals surface area contributed by atoms with Crippen LogP contribution in [0, 0.1) is 11.8 Å². The van der Waals surface area contributed by atoms with Gasteiger partial charge in [0.2, 0.25) is 18.5 Å². The molecule has 4 atom stereocenters. The fourth-order valence-corrected chi connectivity index (χ4v) is 4.48. The fraction of sp³-hybridized carbons (Fsp3) is 0.500. The standard InChI is InChI=1S/C28H36F2N2O5/c1-5-32(25(34)15-22(33)19(4)13-20-9-7-6-8-10-20)26(18(2)3)27(35)31-16-21-11-12-23-24(14-21)37-28(30,17-29)36-23/h6-12,14,18-19,22,26,33H,5,13,15-17H2,1-4H3,(H,31,35)/t19?,22?,26-,28?/m0/s1. The predicted molar refractivity (Wildman–Crippen MR) is 135 cm³/mol. The number of hydrogen-bond acceptors (Lipinski definition) is 5. The SMILES string of the molecule is CCN(C(=O)CC(O)C(C)Cc1ccccc1)[C@H](C(=O)NCc1ccc2c(c1)OC(F)(CF)O2)C(C)C. The second kappa shape index (κ2) is 12.4. The van der Waals surface area contributed by atoms with Crippen LogP contribution in [0.5, 0.6) is 11.5 Å². The predicted octanol–water partition coefficient (Wildman–Crippen LogP) is 4.17. The van der Waals surface area contributed by atoms with Crippen molar-refractivity contribution in [1.29, 1.82) is 0 Å². The van der Waals surface area contributed by atoms with Gasteiger partial charge in [-0.2, -0.15) is 4.39 Å². The van der Waals surface area contributed by atoms with E-state index in [9.17, 15) is 23.5 Å². The number of amides is 2. The van der Waals surface area contributed by atoms with Gasteiger partial charge in [-0.1, -0.05) is 57.2 Å². The highest BCUT2D eigenvalue weighted by atomic mass is 19.2. The summed E-state index contributed by atoms with van der Waals surface area (Å²) in [6.45, 7) is 6.35. The number of rotatable bonds is 12. The van der Waals surface area contributed by atoms with E-state index in [-0.39, 0.29) is 48.1 Å². The molecule has 0 spiro atoms. The Kier molecular flexibility index (Phi) is 9.48. The number of hydrogen-bond donors (Lipinski definition) is 2. The Balaban J connectivity index is 1.61. The summed E-state index contributed by atoms with van der Waals surface area (Å²) in [5, 5.41) is 13.5. The van der Waals surface area contributed by atoms with Crippen molar-refractivity contribution < 1.29 is 33.0 Å². The Morgan fingerprint density at radius 1 is 1.05 bits per heavy atom. The van der Waals surface area contributed by atoms with E-state index in [0.29, 0.717) is 18.5 Å². The van der Waals surface area contributed by atoms with Crippen molar-refractivity contribution in [3.05, 3.63) is 59.7 Å². The summed E-state index contributed by atoms with van der Waals surface area (Å²) >= 11 is 0. The van der Waals surface area contributed by atoms with Gasteiger partial charge in [0.1, 0.15) is 6.04 Å². The zero-order valence-corrected chi connectivity index (χ0v) is 21.7. The molecule has 2 aromatic carbocycles. The molecule has 1 aliphatic rings. The Morgan fingerprint density at radius 2 is 1.73 bits per heavy atom. The number of ether oxygens (including phenoxy) is 2. The maximum Gasteiger partial charge on any atom is 0.437 e. The van der Waals surface area contributed by atoms with E-state index in [1.807, 2.05) is 51.1 Å². The number of alkyl halides is 2. The van der Waals surface area contributed by atoms with Crippen LogP contribution < -0.4 is 14.8 Å². The lowest BCUT2D eigenvalue weighted by atomic mass is 9.93. The second-order valence-corrected chi connectivity index (χ2v) is 9.80. The zero-order valence-electron chi connectivity index (χ0n) is 21.7. The molecule has 9 heteroatoms. The summed E-state index contributed by atoms with van der Waals surface area (Å²) in [5.41, 5.74) is 1.68. The maximum atomic E-state index is 14.0. The quantitative estimate of drug-likeness (QED) is 0.440. The first-order valence-corrected chi connectivity index (χ1v) is 12.6. The van der Waals surface area contributed by atoms with Gasteiger partial charge in [-0.15, -0.1) is 0 Å². The number of aliphatic hydroxyl groups is 1. The van der Waals surface area contributed by atoms with Crippen molar-refractivity contribution in [3.63, 3.8) is 0 Å². The van der Waals surface area contributed by atoms with Crippen molar-refractivity contribution in [2.75, 3.05) is 13.2 Å². The van der Waals surface area contributed by atoms with Gasteiger partial charge < -0.3 is 24.8 Å². The monoisotopic (exact) mass is 518 g/mol. The van der Waals surface area contributed by atoms with E-state index >= 15 is 0 Å². The lowest BCUT2D eigenvalue weighted by Crippen LogP contribution is -2.52. The number of carbonyl (C=O) groups is 2. The zero-order chi connectivity index (χ0) is 27.2. The van der Waals surface area contributed by atoms with E-state index < -0.39 is 24.9 Å². The fourth-order valence-electron chi connectivity index (χ4n) is 4.48. The van der Waals surface area contributed by atoms with Crippen LogP contribution in [0.4, 0.5) is 8.78 Å². The van der Waals surface area contributed by atoms with Crippen molar-refractivity contribution in [2.45, 2.75) is 65.3 Å². The summed E-state index contributed by atoms with van der Waals surface area (Å²) in [6, 6.07) is 10.7.